The molecule has 0 bridgehead atoms. The van der Waals surface area contributed by atoms with Crippen LogP contribution >= 0.6 is 22.9 Å². The molecule has 0 aliphatic carbocycles. The number of hydrogen-bond acceptors (Lipinski definition) is 4. The number of urea groups is 1. The predicted octanol–water partition coefficient (Wildman–Crippen LogP) is 3.02. The van der Waals surface area contributed by atoms with Crippen LogP contribution < -0.4 is 10.6 Å². The maximum Gasteiger partial charge on any atom is 0.324 e. The van der Waals surface area contributed by atoms with Crippen molar-refractivity contribution < 1.29 is 14.4 Å². The standard InChI is InChI=1S/C17H16ClN3O3S/c18-14-6-4-13(25-14)5-7-15(22)20-12-3-1-2-11(8-12)10-21-16(23)9-19-17(21)24/h1-4,6,8H,5,7,9-10H2,(H,19,24)(H,20,22). The lowest BCUT2D eigenvalue weighted by atomic mass is 10.2. The van der Waals surface area contributed by atoms with Crippen LogP contribution in [0.15, 0.2) is 36.4 Å². The van der Waals surface area contributed by atoms with Gasteiger partial charge in [-0.15, -0.1) is 11.3 Å². The van der Waals surface area contributed by atoms with Crippen LogP contribution in [0.1, 0.15) is 16.9 Å². The van der Waals surface area contributed by atoms with Crippen LogP contribution in [-0.2, 0) is 22.6 Å². The molecule has 0 atom stereocenters. The van der Waals surface area contributed by atoms with Gasteiger partial charge in [-0.05, 0) is 36.2 Å². The number of aryl methyl sites for hydroxylation is 1. The van der Waals surface area contributed by atoms with Crippen molar-refractivity contribution in [3.63, 3.8) is 0 Å². The van der Waals surface area contributed by atoms with Crippen LogP contribution in [0, 0.1) is 0 Å². The number of halogens is 1. The van der Waals surface area contributed by atoms with E-state index in [1.807, 2.05) is 18.2 Å². The lowest BCUT2D eigenvalue weighted by molar-refractivity contribution is -0.125. The van der Waals surface area contributed by atoms with E-state index in [1.54, 1.807) is 18.2 Å². The number of anilines is 1. The first-order valence-electron chi connectivity index (χ1n) is 7.72. The Morgan fingerprint density at radius 2 is 2.12 bits per heavy atom. The van der Waals surface area contributed by atoms with Crippen LogP contribution in [0.4, 0.5) is 10.5 Å². The van der Waals surface area contributed by atoms with Crippen molar-refractivity contribution in [2.24, 2.45) is 0 Å². The summed E-state index contributed by atoms with van der Waals surface area (Å²) in [6.07, 6.45) is 0.986. The van der Waals surface area contributed by atoms with Crippen LogP contribution in [-0.4, -0.2) is 29.3 Å². The molecular formula is C17H16ClN3O3S. The number of nitrogens with one attached hydrogen (secondary N) is 2. The topological polar surface area (TPSA) is 78.5 Å². The van der Waals surface area contributed by atoms with Crippen LogP contribution in [0.2, 0.25) is 4.34 Å². The quantitative estimate of drug-likeness (QED) is 0.759. The number of nitrogens with zero attached hydrogens (tertiary/aromatic N) is 1. The van der Waals surface area contributed by atoms with Crippen LogP contribution in [0.3, 0.4) is 0 Å². The fraction of sp³-hybridized carbons (Fsp3) is 0.235. The monoisotopic (exact) mass is 377 g/mol. The Hall–Kier alpha value is -2.38. The molecule has 2 heterocycles. The molecule has 2 aromatic rings. The summed E-state index contributed by atoms with van der Waals surface area (Å²) in [6, 6.07) is 10.5. The van der Waals surface area contributed by atoms with Gasteiger partial charge in [0.2, 0.25) is 11.8 Å². The van der Waals surface area contributed by atoms with Gasteiger partial charge in [0.25, 0.3) is 0 Å². The summed E-state index contributed by atoms with van der Waals surface area (Å²) in [7, 11) is 0. The fourth-order valence-corrected chi connectivity index (χ4v) is 3.58. The Morgan fingerprint density at radius 3 is 2.80 bits per heavy atom. The number of benzene rings is 1. The molecule has 4 amide bonds. The molecule has 130 valence electrons. The molecule has 0 spiro atoms. The molecule has 1 aromatic heterocycles. The number of thiophene rings is 1. The average Bonchev–Trinajstić information content (AvgIpc) is 3.13. The fourth-order valence-electron chi connectivity index (χ4n) is 2.49. The van der Waals surface area contributed by atoms with E-state index in [1.165, 1.54) is 11.3 Å². The van der Waals surface area contributed by atoms with E-state index in [0.717, 1.165) is 15.3 Å². The van der Waals surface area contributed by atoms with E-state index in [0.29, 0.717) is 22.9 Å². The number of imide groups is 1. The Bertz CT molecular complexity index is 805. The van der Waals surface area contributed by atoms with Gasteiger partial charge in [-0.1, -0.05) is 23.7 Å². The molecule has 2 N–H and O–H groups in total. The van der Waals surface area contributed by atoms with Crippen molar-refractivity contribution >= 4 is 46.5 Å². The first-order chi connectivity index (χ1) is 12.0. The minimum absolute atomic E-state index is 0.0298. The molecule has 1 aliphatic heterocycles. The average molecular weight is 378 g/mol. The van der Waals surface area contributed by atoms with Gasteiger partial charge in [0, 0.05) is 17.0 Å². The summed E-state index contributed by atoms with van der Waals surface area (Å²) in [5.74, 6) is -0.356. The minimum atomic E-state index is -0.394. The molecule has 25 heavy (non-hydrogen) atoms. The molecule has 8 heteroatoms. The third kappa shape index (κ3) is 4.58. The molecule has 1 aliphatic rings. The molecule has 0 saturated carbocycles. The van der Waals surface area contributed by atoms with Gasteiger partial charge in [-0.3, -0.25) is 14.5 Å². The zero-order valence-corrected chi connectivity index (χ0v) is 14.8. The smallest absolute Gasteiger partial charge is 0.324 e. The lowest BCUT2D eigenvalue weighted by Crippen LogP contribution is -2.30. The van der Waals surface area contributed by atoms with Gasteiger partial charge in [-0.2, -0.15) is 0 Å². The highest BCUT2D eigenvalue weighted by Gasteiger charge is 2.28. The summed E-state index contributed by atoms with van der Waals surface area (Å²) in [5.41, 5.74) is 1.41. The maximum atomic E-state index is 12.1. The van der Waals surface area contributed by atoms with Crippen LogP contribution in [0.5, 0.6) is 0 Å². The second-order valence-electron chi connectivity index (χ2n) is 5.59. The SMILES string of the molecule is O=C(CCc1ccc(Cl)s1)Nc1cccc(CN2C(=O)CNC2=O)c1. The Kier molecular flexibility index (Phi) is 5.35. The summed E-state index contributed by atoms with van der Waals surface area (Å²) >= 11 is 7.34. The van der Waals surface area contributed by atoms with E-state index in [2.05, 4.69) is 10.6 Å². The van der Waals surface area contributed by atoms with E-state index in [4.69, 9.17) is 11.6 Å². The molecule has 0 radical (unpaired) electrons. The summed E-state index contributed by atoms with van der Waals surface area (Å²) in [5, 5.41) is 5.32. The van der Waals surface area contributed by atoms with E-state index in [9.17, 15) is 14.4 Å². The Morgan fingerprint density at radius 1 is 1.28 bits per heavy atom. The maximum absolute atomic E-state index is 12.1. The normalized spacial score (nSPS) is 13.9. The van der Waals surface area contributed by atoms with E-state index >= 15 is 0 Å². The number of hydrogen-bond donors (Lipinski definition) is 2. The third-order valence-corrected chi connectivity index (χ3v) is 5.01. The second-order valence-corrected chi connectivity index (χ2v) is 7.39. The van der Waals surface area contributed by atoms with Gasteiger partial charge in [0.05, 0.1) is 17.4 Å². The molecule has 3 rings (SSSR count). The highest BCUT2D eigenvalue weighted by Crippen LogP contribution is 2.22. The molecular weight excluding hydrogens is 362 g/mol. The highest BCUT2D eigenvalue weighted by atomic mass is 35.5. The first kappa shape index (κ1) is 17.4. The number of carbonyl (C=O) groups excluding carboxylic acids is 3. The van der Waals surface area contributed by atoms with Crippen molar-refractivity contribution in [1.29, 1.82) is 0 Å². The lowest BCUT2D eigenvalue weighted by Gasteiger charge is -2.13. The molecule has 1 fully saturated rings. The highest BCUT2D eigenvalue weighted by molar-refractivity contribution is 7.16. The van der Waals surface area contributed by atoms with Gasteiger partial charge < -0.3 is 10.6 Å². The van der Waals surface area contributed by atoms with Gasteiger partial charge in [-0.25, -0.2) is 4.79 Å². The van der Waals surface area contributed by atoms with Gasteiger partial charge in [0.15, 0.2) is 0 Å². The molecule has 1 saturated heterocycles. The summed E-state index contributed by atoms with van der Waals surface area (Å²) in [6.45, 7) is 0.212. The van der Waals surface area contributed by atoms with Gasteiger partial charge >= 0.3 is 6.03 Å². The van der Waals surface area contributed by atoms with E-state index in [-0.39, 0.29) is 24.9 Å². The number of carbonyl (C=O) groups is 3. The largest absolute Gasteiger partial charge is 0.329 e. The van der Waals surface area contributed by atoms with Crippen LogP contribution in [0.25, 0.3) is 0 Å². The predicted molar refractivity (Wildman–Crippen MR) is 96.7 cm³/mol. The first-order valence-corrected chi connectivity index (χ1v) is 8.92. The van der Waals surface area contributed by atoms with Crippen molar-refractivity contribution in [2.75, 3.05) is 11.9 Å². The molecule has 6 nitrogen and oxygen atoms in total. The van der Waals surface area contributed by atoms with Crippen molar-refractivity contribution in [3.05, 3.63) is 51.2 Å². The zero-order chi connectivity index (χ0) is 17.8. The minimum Gasteiger partial charge on any atom is -0.329 e. The summed E-state index contributed by atoms with van der Waals surface area (Å²) in [4.78, 5) is 37.5. The van der Waals surface area contributed by atoms with Gasteiger partial charge in [0.1, 0.15) is 0 Å². The summed E-state index contributed by atoms with van der Waals surface area (Å²) < 4.78 is 0.712. The third-order valence-electron chi connectivity index (χ3n) is 3.72. The van der Waals surface area contributed by atoms with E-state index < -0.39 is 6.03 Å². The van der Waals surface area contributed by atoms with Crippen molar-refractivity contribution in [2.45, 2.75) is 19.4 Å². The number of amides is 4. The zero-order valence-electron chi connectivity index (χ0n) is 13.3. The Balaban J connectivity index is 1.56. The van der Waals surface area contributed by atoms with Crippen molar-refractivity contribution in [1.82, 2.24) is 10.2 Å². The molecule has 1 aromatic carbocycles. The second kappa shape index (κ2) is 7.67. The molecule has 0 unspecified atom stereocenters. The van der Waals surface area contributed by atoms with Crippen molar-refractivity contribution in [3.8, 4) is 0 Å². The number of rotatable bonds is 6. The Labute approximate surface area is 153 Å².